The lowest BCUT2D eigenvalue weighted by Gasteiger charge is -2.31. The summed E-state index contributed by atoms with van der Waals surface area (Å²) >= 11 is 0. The van der Waals surface area contributed by atoms with Crippen molar-refractivity contribution >= 4 is 0 Å². The molecular weight excluding hydrogens is 389 g/mol. The molecular formula is C15H15F7N2O3. The second kappa shape index (κ2) is 6.05. The quantitative estimate of drug-likeness (QED) is 0.732. The van der Waals surface area contributed by atoms with Gasteiger partial charge in [-0.05, 0) is 0 Å². The SMILES string of the molecule is O[C@@H]1c2c(c(C(F)(F)F)nn2C2C[C@@H](F)C(F)[C@@H](F)C2)C2(OCCO2)[C@@H]1F. The summed E-state index contributed by atoms with van der Waals surface area (Å²) in [5.74, 6) is -2.49. The van der Waals surface area contributed by atoms with Crippen LogP contribution in [-0.2, 0) is 21.4 Å². The zero-order chi connectivity index (χ0) is 19.7. The second-order valence-corrected chi connectivity index (χ2v) is 6.86. The summed E-state index contributed by atoms with van der Waals surface area (Å²) in [5.41, 5.74) is -3.01. The van der Waals surface area contributed by atoms with Gasteiger partial charge in [-0.3, -0.25) is 4.68 Å². The summed E-state index contributed by atoms with van der Waals surface area (Å²) in [6, 6.07) is -1.33. The molecule has 1 aromatic rings. The van der Waals surface area contributed by atoms with Crippen LogP contribution in [0.5, 0.6) is 0 Å². The molecule has 2 aliphatic carbocycles. The zero-order valence-corrected chi connectivity index (χ0v) is 13.6. The summed E-state index contributed by atoms with van der Waals surface area (Å²) in [5, 5.41) is 13.6. The van der Waals surface area contributed by atoms with E-state index in [0.717, 1.165) is 0 Å². The number of fused-ring (bicyclic) bond motifs is 2. The van der Waals surface area contributed by atoms with Crippen molar-refractivity contribution in [3.8, 4) is 0 Å². The highest BCUT2D eigenvalue weighted by molar-refractivity contribution is 5.42. The van der Waals surface area contributed by atoms with Crippen LogP contribution in [0.25, 0.3) is 0 Å². The first kappa shape index (κ1) is 18.9. The van der Waals surface area contributed by atoms with Gasteiger partial charge in [-0.15, -0.1) is 0 Å². The van der Waals surface area contributed by atoms with Gasteiger partial charge in [-0.1, -0.05) is 0 Å². The summed E-state index contributed by atoms with van der Waals surface area (Å²) in [4.78, 5) is 0. The minimum atomic E-state index is -5.07. The maximum atomic E-state index is 14.7. The van der Waals surface area contributed by atoms with E-state index >= 15 is 0 Å². The molecule has 1 spiro atoms. The number of nitrogens with zero attached hydrogens (tertiary/aromatic N) is 2. The third kappa shape index (κ3) is 2.59. The predicted octanol–water partition coefficient (Wildman–Crippen LogP) is 2.84. The summed E-state index contributed by atoms with van der Waals surface area (Å²) in [6.45, 7) is -0.414. The maximum absolute atomic E-state index is 14.7. The number of halogens is 7. The van der Waals surface area contributed by atoms with Crippen molar-refractivity contribution in [2.45, 2.75) is 61.6 Å². The van der Waals surface area contributed by atoms with Crippen LogP contribution in [0.3, 0.4) is 0 Å². The van der Waals surface area contributed by atoms with Crippen LogP contribution in [0.4, 0.5) is 30.7 Å². The van der Waals surface area contributed by atoms with E-state index in [1.54, 1.807) is 0 Å². The van der Waals surface area contributed by atoms with Crippen LogP contribution < -0.4 is 0 Å². The first-order chi connectivity index (χ1) is 12.6. The maximum Gasteiger partial charge on any atom is 0.435 e. The lowest BCUT2D eigenvalue weighted by Crippen LogP contribution is -2.39. The van der Waals surface area contributed by atoms with Crippen molar-refractivity contribution in [2.24, 2.45) is 0 Å². The van der Waals surface area contributed by atoms with Crippen LogP contribution in [-0.4, -0.2) is 52.8 Å². The number of ether oxygens (including phenoxy) is 2. The third-order valence-corrected chi connectivity index (χ3v) is 5.23. The molecule has 1 saturated carbocycles. The van der Waals surface area contributed by atoms with Crippen molar-refractivity contribution in [3.63, 3.8) is 0 Å². The molecule has 27 heavy (non-hydrogen) atoms. The van der Waals surface area contributed by atoms with E-state index in [1.807, 2.05) is 0 Å². The summed E-state index contributed by atoms with van der Waals surface area (Å²) < 4.78 is 107. The Kier molecular flexibility index (Phi) is 4.24. The number of aliphatic hydroxyl groups is 1. The lowest BCUT2D eigenvalue weighted by atomic mass is 9.90. The fourth-order valence-corrected chi connectivity index (χ4v) is 4.07. The molecule has 0 bridgehead atoms. The lowest BCUT2D eigenvalue weighted by molar-refractivity contribution is -0.222. The Morgan fingerprint density at radius 3 is 2.11 bits per heavy atom. The molecule has 1 saturated heterocycles. The van der Waals surface area contributed by atoms with Crippen LogP contribution in [0, 0.1) is 0 Å². The average molecular weight is 404 g/mol. The van der Waals surface area contributed by atoms with Crippen molar-refractivity contribution in [2.75, 3.05) is 13.2 Å². The normalized spacial score (nSPS) is 38.5. The van der Waals surface area contributed by atoms with Gasteiger partial charge in [0.15, 0.2) is 18.0 Å². The van der Waals surface area contributed by atoms with Crippen molar-refractivity contribution < 1.29 is 45.3 Å². The monoisotopic (exact) mass is 404 g/mol. The van der Waals surface area contributed by atoms with E-state index in [9.17, 15) is 35.8 Å². The minimum absolute atomic E-state index is 0.207. The minimum Gasteiger partial charge on any atom is -0.383 e. The van der Waals surface area contributed by atoms with Crippen molar-refractivity contribution in [1.29, 1.82) is 0 Å². The Hall–Kier alpha value is -1.40. The van der Waals surface area contributed by atoms with Crippen LogP contribution >= 0.6 is 0 Å². The van der Waals surface area contributed by atoms with E-state index in [0.29, 0.717) is 4.68 Å². The number of hydrogen-bond donors (Lipinski definition) is 1. The molecule has 152 valence electrons. The molecule has 2 fully saturated rings. The Morgan fingerprint density at radius 1 is 1.04 bits per heavy atom. The zero-order valence-electron chi connectivity index (χ0n) is 13.6. The molecule has 1 aromatic heterocycles. The van der Waals surface area contributed by atoms with Gasteiger partial charge in [0.1, 0.15) is 18.4 Å². The first-order valence-electron chi connectivity index (χ1n) is 8.30. The first-order valence-corrected chi connectivity index (χ1v) is 8.30. The molecule has 1 aliphatic heterocycles. The third-order valence-electron chi connectivity index (χ3n) is 5.23. The van der Waals surface area contributed by atoms with Gasteiger partial charge in [-0.25, -0.2) is 17.6 Å². The molecule has 0 radical (unpaired) electrons. The molecule has 5 nitrogen and oxygen atoms in total. The highest BCUT2D eigenvalue weighted by Gasteiger charge is 2.64. The van der Waals surface area contributed by atoms with Crippen LogP contribution in [0.1, 0.15) is 41.9 Å². The van der Waals surface area contributed by atoms with Gasteiger partial charge >= 0.3 is 6.18 Å². The van der Waals surface area contributed by atoms with E-state index in [4.69, 9.17) is 9.47 Å². The van der Waals surface area contributed by atoms with Gasteiger partial charge in [0, 0.05) is 12.8 Å². The number of aliphatic hydroxyl groups excluding tert-OH is 1. The van der Waals surface area contributed by atoms with Crippen molar-refractivity contribution in [1.82, 2.24) is 9.78 Å². The number of alkyl halides is 7. The smallest absolute Gasteiger partial charge is 0.383 e. The second-order valence-electron chi connectivity index (χ2n) is 6.86. The molecule has 1 N–H and O–H groups in total. The molecule has 12 heteroatoms. The molecule has 3 aliphatic rings. The highest BCUT2D eigenvalue weighted by Crippen LogP contribution is 2.55. The largest absolute Gasteiger partial charge is 0.435 e. The Morgan fingerprint density at radius 2 is 1.59 bits per heavy atom. The Labute approximate surface area is 148 Å². The molecule has 0 amide bonds. The van der Waals surface area contributed by atoms with Gasteiger partial charge < -0.3 is 14.6 Å². The molecule has 4 rings (SSSR count). The number of rotatable bonds is 1. The standard InChI is InChI=1S/C15H15F7N2O3/c16-6-3-5(4-7(17)9(6)18)24-10-8(13(23-24)15(20,21)22)14(12(19)11(10)25)26-1-2-27-14/h5-7,9,11-12,25H,1-4H2/t5?,6-,7+,9?,11-,12-/m1/s1. The van der Waals surface area contributed by atoms with E-state index < -0.39 is 78.6 Å². The van der Waals surface area contributed by atoms with Gasteiger partial charge in [-0.2, -0.15) is 18.3 Å². The Balaban J connectivity index is 1.87. The van der Waals surface area contributed by atoms with E-state index in [-0.39, 0.29) is 13.2 Å². The number of hydrogen-bond acceptors (Lipinski definition) is 4. The fraction of sp³-hybridized carbons (Fsp3) is 0.800. The topological polar surface area (TPSA) is 56.5 Å². The summed E-state index contributed by atoms with van der Waals surface area (Å²) in [7, 11) is 0. The highest BCUT2D eigenvalue weighted by atomic mass is 19.4. The molecule has 6 atom stereocenters. The van der Waals surface area contributed by atoms with Gasteiger partial charge in [0.05, 0.1) is 30.5 Å². The summed E-state index contributed by atoms with van der Waals surface area (Å²) in [6.07, 6.45) is -17.8. The van der Waals surface area contributed by atoms with E-state index in [1.165, 1.54) is 0 Å². The van der Waals surface area contributed by atoms with E-state index in [2.05, 4.69) is 5.10 Å². The molecule has 0 aromatic carbocycles. The predicted molar refractivity (Wildman–Crippen MR) is 73.6 cm³/mol. The van der Waals surface area contributed by atoms with Crippen molar-refractivity contribution in [3.05, 3.63) is 17.0 Å². The van der Waals surface area contributed by atoms with Crippen LogP contribution in [0.15, 0.2) is 0 Å². The van der Waals surface area contributed by atoms with Crippen LogP contribution in [0.2, 0.25) is 0 Å². The van der Waals surface area contributed by atoms with Gasteiger partial charge in [0.25, 0.3) is 0 Å². The average Bonchev–Trinajstić information content (AvgIpc) is 3.26. The van der Waals surface area contributed by atoms with Gasteiger partial charge in [0.2, 0.25) is 5.79 Å². The fourth-order valence-electron chi connectivity index (χ4n) is 4.07. The number of aromatic nitrogens is 2. The molecule has 2 unspecified atom stereocenters. The Bertz CT molecular complexity index is 722. The molecule has 2 heterocycles.